The number of rotatable bonds is 5. The summed E-state index contributed by atoms with van der Waals surface area (Å²) in [4.78, 5) is 12.4. The van der Waals surface area contributed by atoms with Crippen LogP contribution in [0.1, 0.15) is 27.0 Å². The molecule has 3 rings (SSSR count). The maximum atomic E-state index is 12.4. The average Bonchev–Trinajstić information content (AvgIpc) is 2.67. The quantitative estimate of drug-likeness (QED) is 0.504. The summed E-state index contributed by atoms with van der Waals surface area (Å²) in [5, 5.41) is 4.04. The molecule has 0 aliphatic heterocycles. The zero-order chi connectivity index (χ0) is 19.2. The SMILES string of the molecule is Cc1ccccc1NC(=O)c1ccc(C/C=C/c2ccc(Cl)c(Cl)c2)cc1. The molecule has 0 aliphatic carbocycles. The highest BCUT2D eigenvalue weighted by Gasteiger charge is 2.07. The summed E-state index contributed by atoms with van der Waals surface area (Å²) in [6.45, 7) is 1.97. The second-order valence-corrected chi connectivity index (χ2v) is 7.06. The molecule has 0 saturated carbocycles. The van der Waals surface area contributed by atoms with Crippen LogP contribution in [0.15, 0.2) is 72.8 Å². The smallest absolute Gasteiger partial charge is 0.255 e. The van der Waals surface area contributed by atoms with Crippen LogP contribution < -0.4 is 5.32 Å². The Morgan fingerprint density at radius 2 is 1.70 bits per heavy atom. The first-order chi connectivity index (χ1) is 13.0. The monoisotopic (exact) mass is 395 g/mol. The molecule has 0 atom stereocenters. The van der Waals surface area contributed by atoms with Gasteiger partial charge in [-0.25, -0.2) is 0 Å². The molecule has 0 radical (unpaired) electrons. The van der Waals surface area contributed by atoms with Crippen molar-refractivity contribution in [1.29, 1.82) is 0 Å². The van der Waals surface area contributed by atoms with E-state index < -0.39 is 0 Å². The Kier molecular flexibility index (Phi) is 6.33. The van der Waals surface area contributed by atoms with Gasteiger partial charge >= 0.3 is 0 Å². The van der Waals surface area contributed by atoms with Crippen LogP contribution in [0.5, 0.6) is 0 Å². The molecule has 0 aliphatic rings. The van der Waals surface area contributed by atoms with Gasteiger partial charge in [-0.3, -0.25) is 4.79 Å². The predicted octanol–water partition coefficient (Wildman–Crippen LogP) is 6.81. The lowest BCUT2D eigenvalue weighted by atomic mass is 10.1. The first kappa shape index (κ1) is 19.2. The minimum absolute atomic E-state index is 0.109. The Morgan fingerprint density at radius 3 is 2.41 bits per heavy atom. The Labute approximate surface area is 169 Å². The van der Waals surface area contributed by atoms with Crippen molar-refractivity contribution in [2.45, 2.75) is 13.3 Å². The molecule has 1 amide bonds. The van der Waals surface area contributed by atoms with Crippen LogP contribution in [0.3, 0.4) is 0 Å². The lowest BCUT2D eigenvalue weighted by Gasteiger charge is -2.08. The summed E-state index contributed by atoms with van der Waals surface area (Å²) < 4.78 is 0. The number of hydrogen-bond acceptors (Lipinski definition) is 1. The summed E-state index contributed by atoms with van der Waals surface area (Å²) in [6.07, 6.45) is 4.82. The van der Waals surface area contributed by atoms with Crippen LogP contribution in [-0.4, -0.2) is 5.91 Å². The maximum absolute atomic E-state index is 12.4. The molecule has 0 heterocycles. The van der Waals surface area contributed by atoms with Gasteiger partial charge in [0.2, 0.25) is 0 Å². The zero-order valence-corrected chi connectivity index (χ0v) is 16.4. The molecular formula is C23H19Cl2NO. The van der Waals surface area contributed by atoms with Crippen molar-refractivity contribution >= 4 is 40.9 Å². The maximum Gasteiger partial charge on any atom is 0.255 e. The number of allylic oxidation sites excluding steroid dienone is 1. The van der Waals surface area contributed by atoms with E-state index in [0.717, 1.165) is 28.8 Å². The first-order valence-electron chi connectivity index (χ1n) is 8.60. The molecular weight excluding hydrogens is 377 g/mol. The molecule has 0 saturated heterocycles. The molecule has 3 aromatic carbocycles. The second-order valence-electron chi connectivity index (χ2n) is 6.25. The third kappa shape index (κ3) is 5.22. The number of nitrogens with one attached hydrogen (secondary N) is 1. The van der Waals surface area contributed by atoms with Gasteiger partial charge in [-0.1, -0.05) is 71.8 Å². The van der Waals surface area contributed by atoms with Gasteiger partial charge in [0.15, 0.2) is 0 Å². The van der Waals surface area contributed by atoms with Gasteiger partial charge in [0, 0.05) is 11.3 Å². The Balaban J connectivity index is 1.61. The summed E-state index contributed by atoms with van der Waals surface area (Å²) >= 11 is 11.9. The summed E-state index contributed by atoms with van der Waals surface area (Å²) in [5.74, 6) is -0.109. The molecule has 0 unspecified atom stereocenters. The molecule has 2 nitrogen and oxygen atoms in total. The fraction of sp³-hybridized carbons (Fsp3) is 0.0870. The first-order valence-corrected chi connectivity index (χ1v) is 9.36. The molecule has 4 heteroatoms. The third-order valence-corrected chi connectivity index (χ3v) is 4.96. The Hall–Kier alpha value is -2.55. The Bertz CT molecular complexity index is 978. The van der Waals surface area contributed by atoms with E-state index in [1.807, 2.05) is 73.7 Å². The van der Waals surface area contributed by atoms with Crippen LogP contribution in [0.4, 0.5) is 5.69 Å². The van der Waals surface area contributed by atoms with Gasteiger partial charge in [-0.2, -0.15) is 0 Å². The van der Waals surface area contributed by atoms with Crippen molar-refractivity contribution in [2.24, 2.45) is 0 Å². The molecule has 0 bridgehead atoms. The normalized spacial score (nSPS) is 10.9. The predicted molar refractivity (Wildman–Crippen MR) is 115 cm³/mol. The molecule has 3 aromatic rings. The number of anilines is 1. The number of halogens is 2. The van der Waals surface area contributed by atoms with Gasteiger partial charge in [0.05, 0.1) is 10.0 Å². The van der Waals surface area contributed by atoms with Crippen molar-refractivity contribution < 1.29 is 4.79 Å². The van der Waals surface area contributed by atoms with Crippen LogP contribution >= 0.6 is 23.2 Å². The molecule has 27 heavy (non-hydrogen) atoms. The number of carbonyl (C=O) groups excluding carboxylic acids is 1. The van der Waals surface area contributed by atoms with E-state index in [-0.39, 0.29) is 5.91 Å². The van der Waals surface area contributed by atoms with E-state index in [0.29, 0.717) is 15.6 Å². The standard InChI is InChI=1S/C23H19Cl2NO/c1-16-5-2-3-8-22(16)26-23(27)19-12-9-17(10-13-19)6-4-7-18-11-14-20(24)21(25)15-18/h2-5,7-15H,6H2,1H3,(H,26,27)/b7-4+. The van der Waals surface area contributed by atoms with Crippen LogP contribution in [0.25, 0.3) is 6.08 Å². The fourth-order valence-corrected chi connectivity index (χ4v) is 2.95. The average molecular weight is 396 g/mol. The van der Waals surface area contributed by atoms with E-state index in [4.69, 9.17) is 23.2 Å². The molecule has 0 fully saturated rings. The van der Waals surface area contributed by atoms with Gasteiger partial charge < -0.3 is 5.32 Å². The fourth-order valence-electron chi connectivity index (χ4n) is 2.65. The van der Waals surface area contributed by atoms with Gasteiger partial charge in [0.25, 0.3) is 5.91 Å². The number of para-hydroxylation sites is 1. The van der Waals surface area contributed by atoms with Gasteiger partial charge in [-0.05, 0) is 60.4 Å². The third-order valence-electron chi connectivity index (χ3n) is 4.22. The highest BCUT2D eigenvalue weighted by atomic mass is 35.5. The minimum Gasteiger partial charge on any atom is -0.322 e. The van der Waals surface area contributed by atoms with Crippen molar-refractivity contribution in [2.75, 3.05) is 5.32 Å². The minimum atomic E-state index is -0.109. The van der Waals surface area contributed by atoms with Crippen molar-refractivity contribution in [3.05, 3.63) is 105 Å². The number of benzene rings is 3. The van der Waals surface area contributed by atoms with Gasteiger partial charge in [-0.15, -0.1) is 0 Å². The highest BCUT2D eigenvalue weighted by Crippen LogP contribution is 2.23. The van der Waals surface area contributed by atoms with Gasteiger partial charge in [0.1, 0.15) is 0 Å². The van der Waals surface area contributed by atoms with Crippen molar-refractivity contribution in [3.63, 3.8) is 0 Å². The molecule has 1 N–H and O–H groups in total. The summed E-state index contributed by atoms with van der Waals surface area (Å²) in [7, 11) is 0. The lowest BCUT2D eigenvalue weighted by molar-refractivity contribution is 0.102. The van der Waals surface area contributed by atoms with E-state index >= 15 is 0 Å². The van der Waals surface area contributed by atoms with Crippen molar-refractivity contribution in [3.8, 4) is 0 Å². The zero-order valence-electron chi connectivity index (χ0n) is 14.9. The molecule has 0 aromatic heterocycles. The van der Waals surface area contributed by atoms with E-state index in [9.17, 15) is 4.79 Å². The van der Waals surface area contributed by atoms with E-state index in [2.05, 4.69) is 11.4 Å². The summed E-state index contributed by atoms with van der Waals surface area (Å²) in [5.41, 5.74) is 4.62. The lowest BCUT2D eigenvalue weighted by Crippen LogP contribution is -2.12. The number of carbonyl (C=O) groups is 1. The number of aryl methyl sites for hydroxylation is 1. The van der Waals surface area contributed by atoms with Crippen molar-refractivity contribution in [1.82, 2.24) is 0 Å². The second kappa shape index (κ2) is 8.90. The Morgan fingerprint density at radius 1 is 0.963 bits per heavy atom. The van der Waals surface area contributed by atoms with Crippen LogP contribution in [0, 0.1) is 6.92 Å². The highest BCUT2D eigenvalue weighted by molar-refractivity contribution is 6.42. The van der Waals surface area contributed by atoms with E-state index in [1.165, 1.54) is 0 Å². The van der Waals surface area contributed by atoms with Crippen LogP contribution in [-0.2, 0) is 6.42 Å². The summed E-state index contributed by atoms with van der Waals surface area (Å²) in [6, 6.07) is 20.9. The molecule has 136 valence electrons. The number of amides is 1. The molecule has 0 spiro atoms. The topological polar surface area (TPSA) is 29.1 Å². The van der Waals surface area contributed by atoms with Crippen LogP contribution in [0.2, 0.25) is 10.0 Å². The van der Waals surface area contributed by atoms with E-state index in [1.54, 1.807) is 6.07 Å². The number of hydrogen-bond donors (Lipinski definition) is 1. The largest absolute Gasteiger partial charge is 0.322 e.